The molecule has 0 aliphatic carbocycles. The summed E-state index contributed by atoms with van der Waals surface area (Å²) >= 11 is 1.48. The number of hydrogen-bond donors (Lipinski definition) is 0. The maximum atomic E-state index is 13.4. The van der Waals surface area contributed by atoms with Gasteiger partial charge in [0.1, 0.15) is 5.82 Å². The van der Waals surface area contributed by atoms with Crippen molar-refractivity contribution >= 4 is 17.7 Å². The SMILES string of the molecule is CCN(Cc1cccc(F)c1)C(=O)CSc1nc(C)c(C)n1CC(C)C. The van der Waals surface area contributed by atoms with Crippen LogP contribution < -0.4 is 0 Å². The zero-order chi connectivity index (χ0) is 19.3. The van der Waals surface area contributed by atoms with Gasteiger partial charge in [0.2, 0.25) is 5.91 Å². The van der Waals surface area contributed by atoms with Crippen molar-refractivity contribution in [3.63, 3.8) is 0 Å². The van der Waals surface area contributed by atoms with E-state index in [1.807, 2.05) is 19.9 Å². The average molecular weight is 378 g/mol. The van der Waals surface area contributed by atoms with Gasteiger partial charge in [-0.15, -0.1) is 0 Å². The molecule has 0 unspecified atom stereocenters. The average Bonchev–Trinajstić information content (AvgIpc) is 2.85. The Bertz CT molecular complexity index is 758. The minimum atomic E-state index is -0.276. The van der Waals surface area contributed by atoms with Crippen molar-refractivity contribution in [2.24, 2.45) is 5.92 Å². The number of thioether (sulfide) groups is 1. The van der Waals surface area contributed by atoms with Crippen LogP contribution in [0.5, 0.6) is 0 Å². The largest absolute Gasteiger partial charge is 0.338 e. The molecule has 0 N–H and O–H groups in total. The van der Waals surface area contributed by atoms with E-state index in [1.165, 1.54) is 23.9 Å². The van der Waals surface area contributed by atoms with E-state index in [4.69, 9.17) is 0 Å². The lowest BCUT2D eigenvalue weighted by Gasteiger charge is -2.21. The Hall–Kier alpha value is -1.82. The minimum absolute atomic E-state index is 0.0381. The molecule has 26 heavy (non-hydrogen) atoms. The second-order valence-electron chi connectivity index (χ2n) is 6.90. The number of halogens is 1. The molecule has 2 rings (SSSR count). The fourth-order valence-corrected chi connectivity index (χ4v) is 3.77. The summed E-state index contributed by atoms with van der Waals surface area (Å²) in [5, 5.41) is 0.892. The molecule has 0 saturated carbocycles. The van der Waals surface area contributed by atoms with Crippen LogP contribution in [0.25, 0.3) is 0 Å². The smallest absolute Gasteiger partial charge is 0.233 e. The molecule has 1 amide bonds. The lowest BCUT2D eigenvalue weighted by atomic mass is 10.2. The Morgan fingerprint density at radius 3 is 2.69 bits per heavy atom. The standard InChI is InChI=1S/C20H28FN3OS/c1-6-23(12-17-8-7-9-18(21)10-17)19(25)13-26-20-22-15(4)16(5)24(20)11-14(2)3/h7-10,14H,6,11-13H2,1-5H3. The molecule has 0 bridgehead atoms. The van der Waals surface area contributed by atoms with E-state index in [9.17, 15) is 9.18 Å². The van der Waals surface area contributed by atoms with Crippen LogP contribution in [0.3, 0.4) is 0 Å². The lowest BCUT2D eigenvalue weighted by molar-refractivity contribution is -0.128. The third kappa shape index (κ3) is 5.34. The monoisotopic (exact) mass is 377 g/mol. The van der Waals surface area contributed by atoms with E-state index < -0.39 is 0 Å². The van der Waals surface area contributed by atoms with E-state index in [-0.39, 0.29) is 11.7 Å². The first-order chi connectivity index (χ1) is 12.3. The van der Waals surface area contributed by atoms with E-state index in [0.717, 1.165) is 28.7 Å². The Balaban J connectivity index is 2.03. The van der Waals surface area contributed by atoms with Crippen LogP contribution in [0.15, 0.2) is 29.4 Å². The van der Waals surface area contributed by atoms with Crippen LogP contribution in [0.1, 0.15) is 37.7 Å². The van der Waals surface area contributed by atoms with Gasteiger partial charge in [0.25, 0.3) is 0 Å². The fourth-order valence-electron chi connectivity index (χ4n) is 2.76. The number of hydrogen-bond acceptors (Lipinski definition) is 3. The number of rotatable bonds is 8. The van der Waals surface area contributed by atoms with E-state index in [0.29, 0.717) is 24.8 Å². The highest BCUT2D eigenvalue weighted by atomic mass is 32.2. The van der Waals surface area contributed by atoms with Gasteiger partial charge in [0.15, 0.2) is 5.16 Å². The van der Waals surface area contributed by atoms with Crippen molar-refractivity contribution in [2.45, 2.75) is 52.9 Å². The first-order valence-corrected chi connectivity index (χ1v) is 9.99. The number of nitrogens with zero attached hydrogens (tertiary/aromatic N) is 3. The Morgan fingerprint density at radius 2 is 2.08 bits per heavy atom. The number of imidazole rings is 1. The molecule has 0 saturated heterocycles. The van der Waals surface area contributed by atoms with Crippen molar-refractivity contribution in [3.8, 4) is 0 Å². The third-order valence-corrected chi connectivity index (χ3v) is 5.25. The van der Waals surface area contributed by atoms with Gasteiger partial charge in [-0.1, -0.05) is 37.7 Å². The van der Waals surface area contributed by atoms with Crippen molar-refractivity contribution in [2.75, 3.05) is 12.3 Å². The molecule has 4 nitrogen and oxygen atoms in total. The van der Waals surface area contributed by atoms with Gasteiger partial charge in [-0.05, 0) is 44.4 Å². The summed E-state index contributed by atoms with van der Waals surface area (Å²) in [6.45, 7) is 12.3. The highest BCUT2D eigenvalue weighted by Crippen LogP contribution is 2.23. The molecule has 0 aliphatic heterocycles. The first kappa shape index (κ1) is 20.5. The van der Waals surface area contributed by atoms with Crippen molar-refractivity contribution in [3.05, 3.63) is 47.0 Å². The van der Waals surface area contributed by atoms with Crippen LogP contribution >= 0.6 is 11.8 Å². The van der Waals surface area contributed by atoms with Crippen molar-refractivity contribution in [1.29, 1.82) is 0 Å². The van der Waals surface area contributed by atoms with Crippen molar-refractivity contribution in [1.82, 2.24) is 14.5 Å². The van der Waals surface area contributed by atoms with Crippen molar-refractivity contribution < 1.29 is 9.18 Å². The predicted octanol–water partition coefficient (Wildman–Crippen LogP) is 4.44. The molecule has 2 aromatic rings. The van der Waals surface area contributed by atoms with Gasteiger partial charge >= 0.3 is 0 Å². The molecule has 0 spiro atoms. The van der Waals surface area contributed by atoms with Gasteiger partial charge in [-0.2, -0.15) is 0 Å². The molecular weight excluding hydrogens is 349 g/mol. The fraction of sp³-hybridized carbons (Fsp3) is 0.500. The number of aromatic nitrogens is 2. The minimum Gasteiger partial charge on any atom is -0.338 e. The van der Waals surface area contributed by atoms with Gasteiger partial charge in [-0.3, -0.25) is 4.79 Å². The van der Waals surface area contributed by atoms with Gasteiger partial charge in [0.05, 0.1) is 11.4 Å². The summed E-state index contributed by atoms with van der Waals surface area (Å²) in [4.78, 5) is 19.0. The van der Waals surface area contributed by atoms with E-state index >= 15 is 0 Å². The molecule has 0 aliphatic rings. The maximum absolute atomic E-state index is 13.4. The summed E-state index contributed by atoms with van der Waals surface area (Å²) in [5.41, 5.74) is 2.96. The topological polar surface area (TPSA) is 38.1 Å². The number of carbonyl (C=O) groups is 1. The Morgan fingerprint density at radius 1 is 1.35 bits per heavy atom. The Labute approximate surface area is 159 Å². The molecular formula is C20H28FN3OS. The van der Waals surface area contributed by atoms with Crippen LogP contribution in [-0.2, 0) is 17.9 Å². The molecule has 0 atom stereocenters. The van der Waals surface area contributed by atoms with Crippen LogP contribution in [0, 0.1) is 25.6 Å². The molecule has 0 fully saturated rings. The molecule has 6 heteroatoms. The van der Waals surface area contributed by atoms with Crippen LogP contribution in [0.4, 0.5) is 4.39 Å². The highest BCUT2D eigenvalue weighted by Gasteiger charge is 2.17. The summed E-state index contributed by atoms with van der Waals surface area (Å²) < 4.78 is 15.6. The quantitative estimate of drug-likeness (QED) is 0.639. The number of aryl methyl sites for hydroxylation is 1. The molecule has 1 aromatic carbocycles. The van der Waals surface area contributed by atoms with Gasteiger partial charge in [-0.25, -0.2) is 9.37 Å². The lowest BCUT2D eigenvalue weighted by Crippen LogP contribution is -2.31. The zero-order valence-electron chi connectivity index (χ0n) is 16.3. The summed E-state index contributed by atoms with van der Waals surface area (Å²) in [6, 6.07) is 6.40. The van der Waals surface area contributed by atoms with Crippen LogP contribution in [0.2, 0.25) is 0 Å². The maximum Gasteiger partial charge on any atom is 0.233 e. The molecule has 142 valence electrons. The van der Waals surface area contributed by atoms with E-state index in [2.05, 4.69) is 30.3 Å². The van der Waals surface area contributed by atoms with Crippen LogP contribution in [-0.4, -0.2) is 32.7 Å². The molecule has 0 radical (unpaired) electrons. The Kier molecular flexibility index (Phi) is 7.26. The highest BCUT2D eigenvalue weighted by molar-refractivity contribution is 7.99. The summed E-state index contributed by atoms with van der Waals surface area (Å²) in [6.07, 6.45) is 0. The number of amides is 1. The second kappa shape index (κ2) is 9.21. The normalized spacial score (nSPS) is 11.2. The van der Waals surface area contributed by atoms with E-state index in [1.54, 1.807) is 11.0 Å². The van der Waals surface area contributed by atoms with Gasteiger partial charge in [0, 0.05) is 25.3 Å². The third-order valence-electron chi connectivity index (χ3n) is 4.29. The number of benzene rings is 1. The summed E-state index contributed by atoms with van der Waals surface area (Å²) in [7, 11) is 0. The first-order valence-electron chi connectivity index (χ1n) is 9.00. The number of carbonyl (C=O) groups excluding carboxylic acids is 1. The second-order valence-corrected chi connectivity index (χ2v) is 7.84. The van der Waals surface area contributed by atoms with Gasteiger partial charge < -0.3 is 9.47 Å². The zero-order valence-corrected chi connectivity index (χ0v) is 17.1. The predicted molar refractivity (Wildman–Crippen MR) is 105 cm³/mol. The summed E-state index contributed by atoms with van der Waals surface area (Å²) in [5.74, 6) is 0.604. The molecule has 1 aromatic heterocycles. The molecule has 1 heterocycles.